The molecule has 8 heavy (non-hydrogen) atoms. The molecule has 0 aromatic carbocycles. The van der Waals surface area contributed by atoms with Gasteiger partial charge in [0, 0.05) is 5.88 Å². The smallest absolute Gasteiger partial charge is 0.184 e. The van der Waals surface area contributed by atoms with Crippen LogP contribution in [0.3, 0.4) is 0 Å². The Morgan fingerprint density at radius 3 is 2.12 bits per heavy atom. The third-order valence-electron chi connectivity index (χ3n) is 0.396. The van der Waals surface area contributed by atoms with Gasteiger partial charge in [-0.3, -0.25) is 0 Å². The van der Waals surface area contributed by atoms with Gasteiger partial charge in [0.05, 0.1) is 0 Å². The van der Waals surface area contributed by atoms with Crippen molar-refractivity contribution in [2.75, 3.05) is 5.88 Å². The molecule has 0 saturated heterocycles. The van der Waals surface area contributed by atoms with E-state index in [-0.39, 0.29) is 5.88 Å². The fraction of sp³-hybridized carbons (Fsp3) is 0.500. The summed E-state index contributed by atoms with van der Waals surface area (Å²) < 4.78 is 23.1. The monoisotopic (exact) mass is 160 g/mol. The van der Waals surface area contributed by atoms with Crippen molar-refractivity contribution in [2.24, 2.45) is 0 Å². The van der Waals surface area contributed by atoms with Gasteiger partial charge in [0.2, 0.25) is 0 Å². The normalized spacial score (nSPS) is 13.0. The molecule has 0 heterocycles. The van der Waals surface area contributed by atoms with Crippen molar-refractivity contribution in [2.45, 2.75) is 5.38 Å². The van der Waals surface area contributed by atoms with Crippen molar-refractivity contribution in [3.05, 3.63) is 12.2 Å². The Hall–Kier alpha value is 0.180. The molecule has 0 aliphatic heterocycles. The highest BCUT2D eigenvalue weighted by molar-refractivity contribution is 6.23. The minimum absolute atomic E-state index is 0.0578. The lowest BCUT2D eigenvalue weighted by Crippen LogP contribution is -1.98. The van der Waals surface area contributed by atoms with Crippen molar-refractivity contribution in [3.8, 4) is 0 Å². The first-order valence-corrected chi connectivity index (χ1v) is 2.78. The summed E-state index contributed by atoms with van der Waals surface area (Å²) in [4.78, 5) is 0. The SMILES string of the molecule is FC(F)(Cl)C=CCCl. The minimum atomic E-state index is -3.24. The molecular weight excluding hydrogens is 157 g/mol. The third-order valence-corrected chi connectivity index (χ3v) is 0.700. The zero-order valence-corrected chi connectivity index (χ0v) is 5.39. The lowest BCUT2D eigenvalue weighted by atomic mass is 10.5. The molecule has 0 aliphatic carbocycles. The van der Waals surface area contributed by atoms with Crippen molar-refractivity contribution in [1.82, 2.24) is 0 Å². The summed E-state index contributed by atoms with van der Waals surface area (Å²) in [5.74, 6) is 0.0578. The fourth-order valence-electron chi connectivity index (χ4n) is 0.178. The quantitative estimate of drug-likeness (QED) is 0.431. The minimum Gasteiger partial charge on any atom is -0.184 e. The molecule has 0 N–H and O–H groups in total. The van der Waals surface area contributed by atoms with Gasteiger partial charge in [0.1, 0.15) is 0 Å². The topological polar surface area (TPSA) is 0 Å². The Labute approximate surface area is 56.1 Å². The van der Waals surface area contributed by atoms with Gasteiger partial charge < -0.3 is 0 Å². The Morgan fingerprint density at radius 1 is 1.50 bits per heavy atom. The van der Waals surface area contributed by atoms with Crippen LogP contribution in [-0.4, -0.2) is 11.3 Å². The van der Waals surface area contributed by atoms with Gasteiger partial charge >= 0.3 is 5.38 Å². The molecule has 4 heteroatoms. The van der Waals surface area contributed by atoms with E-state index >= 15 is 0 Å². The zero-order chi connectivity index (χ0) is 6.62. The van der Waals surface area contributed by atoms with Crippen LogP contribution in [0.1, 0.15) is 0 Å². The summed E-state index contributed by atoms with van der Waals surface area (Å²) in [5, 5.41) is -3.24. The average Bonchev–Trinajstić information content (AvgIpc) is 1.59. The number of halogens is 4. The van der Waals surface area contributed by atoms with Gasteiger partial charge in [-0.1, -0.05) is 6.08 Å². The van der Waals surface area contributed by atoms with Gasteiger partial charge in [-0.15, -0.1) is 11.6 Å². The maximum Gasteiger partial charge on any atom is 0.341 e. The molecule has 0 atom stereocenters. The van der Waals surface area contributed by atoms with E-state index in [1.54, 1.807) is 0 Å². The van der Waals surface area contributed by atoms with Crippen molar-refractivity contribution >= 4 is 23.2 Å². The third kappa shape index (κ3) is 6.18. The number of hydrogen-bond acceptors (Lipinski definition) is 0. The van der Waals surface area contributed by atoms with Gasteiger partial charge in [-0.05, 0) is 17.7 Å². The molecule has 48 valence electrons. The maximum atomic E-state index is 11.5. The first kappa shape index (κ1) is 8.18. The molecule has 0 fully saturated rings. The summed E-state index contributed by atoms with van der Waals surface area (Å²) in [6, 6.07) is 0. The highest BCUT2D eigenvalue weighted by Crippen LogP contribution is 2.19. The van der Waals surface area contributed by atoms with Crippen LogP contribution in [-0.2, 0) is 0 Å². The molecule has 0 aromatic heterocycles. The van der Waals surface area contributed by atoms with Crippen LogP contribution in [0.2, 0.25) is 0 Å². The molecule has 0 nitrogen and oxygen atoms in total. The van der Waals surface area contributed by atoms with Gasteiger partial charge in [-0.2, -0.15) is 8.78 Å². The summed E-state index contributed by atoms with van der Waals surface area (Å²) in [5.41, 5.74) is 0. The van der Waals surface area contributed by atoms with Crippen molar-refractivity contribution in [1.29, 1.82) is 0 Å². The molecule has 0 radical (unpaired) electrons. The summed E-state index contributed by atoms with van der Waals surface area (Å²) in [7, 11) is 0. The fourth-order valence-corrected chi connectivity index (χ4v) is 0.356. The molecule has 0 amide bonds. The Bertz CT molecular complexity index is 84.5. The molecule has 0 spiro atoms. The second-order valence-corrected chi connectivity index (χ2v) is 1.91. The molecule has 0 unspecified atom stereocenters. The first-order chi connectivity index (χ1) is 3.56. The van der Waals surface area contributed by atoms with Crippen LogP contribution < -0.4 is 0 Å². The molecule has 0 aromatic rings. The van der Waals surface area contributed by atoms with Gasteiger partial charge in [0.25, 0.3) is 0 Å². The van der Waals surface area contributed by atoms with Crippen molar-refractivity contribution in [3.63, 3.8) is 0 Å². The highest BCUT2D eigenvalue weighted by Gasteiger charge is 2.18. The van der Waals surface area contributed by atoms with Gasteiger partial charge in [0.15, 0.2) is 0 Å². The molecule has 0 saturated carbocycles. The second-order valence-electron chi connectivity index (χ2n) is 1.10. The largest absolute Gasteiger partial charge is 0.341 e. The lowest BCUT2D eigenvalue weighted by molar-refractivity contribution is 0.153. The molecule has 0 aliphatic rings. The van der Waals surface area contributed by atoms with Gasteiger partial charge in [-0.25, -0.2) is 0 Å². The summed E-state index contributed by atoms with van der Waals surface area (Å²) >= 11 is 9.46. The van der Waals surface area contributed by atoms with Crippen LogP contribution in [0, 0.1) is 0 Å². The molecule has 0 rings (SSSR count). The van der Waals surface area contributed by atoms with Crippen LogP contribution in [0.15, 0.2) is 12.2 Å². The van der Waals surface area contributed by atoms with E-state index in [0.717, 1.165) is 6.08 Å². The summed E-state index contributed by atoms with van der Waals surface area (Å²) in [6.07, 6.45) is 1.64. The summed E-state index contributed by atoms with van der Waals surface area (Å²) in [6.45, 7) is 0. The number of rotatable bonds is 2. The Balaban J connectivity index is 3.52. The maximum absolute atomic E-state index is 11.5. The van der Waals surface area contributed by atoms with Crippen LogP contribution in [0.5, 0.6) is 0 Å². The number of allylic oxidation sites excluding steroid dienone is 2. The van der Waals surface area contributed by atoms with Crippen LogP contribution >= 0.6 is 23.2 Å². The van der Waals surface area contributed by atoms with E-state index < -0.39 is 5.38 Å². The predicted octanol–water partition coefficient (Wildman–Crippen LogP) is 2.61. The van der Waals surface area contributed by atoms with E-state index in [2.05, 4.69) is 11.6 Å². The molecule has 0 bridgehead atoms. The predicted molar refractivity (Wildman–Crippen MR) is 30.7 cm³/mol. The zero-order valence-electron chi connectivity index (χ0n) is 3.87. The number of hydrogen-bond donors (Lipinski definition) is 0. The average molecular weight is 161 g/mol. The standard InChI is InChI=1S/C4H4Cl2F2/c5-3-1-2-4(6,7)8/h1-2H,3H2. The second kappa shape index (κ2) is 3.25. The van der Waals surface area contributed by atoms with Crippen LogP contribution in [0.4, 0.5) is 8.78 Å². The van der Waals surface area contributed by atoms with Crippen molar-refractivity contribution < 1.29 is 8.78 Å². The van der Waals surface area contributed by atoms with E-state index in [1.807, 2.05) is 0 Å². The highest BCUT2D eigenvalue weighted by atomic mass is 35.5. The van der Waals surface area contributed by atoms with E-state index in [4.69, 9.17) is 11.6 Å². The van der Waals surface area contributed by atoms with Crippen LogP contribution in [0.25, 0.3) is 0 Å². The Morgan fingerprint density at radius 2 is 2.00 bits per heavy atom. The van der Waals surface area contributed by atoms with E-state index in [9.17, 15) is 8.78 Å². The Kier molecular flexibility index (Phi) is 3.33. The van der Waals surface area contributed by atoms with E-state index in [1.165, 1.54) is 0 Å². The first-order valence-electron chi connectivity index (χ1n) is 1.86. The molecular formula is C4H4Cl2F2. The number of alkyl halides is 4. The lowest BCUT2D eigenvalue weighted by Gasteiger charge is -1.96. The van der Waals surface area contributed by atoms with E-state index in [0.29, 0.717) is 6.08 Å².